The average Bonchev–Trinajstić information content (AvgIpc) is 2.15. The smallest absolute Gasteiger partial charge is 0.158 e. The molecule has 0 radical (unpaired) electrons. The summed E-state index contributed by atoms with van der Waals surface area (Å²) in [5.74, 6) is 0.129. The van der Waals surface area contributed by atoms with Gasteiger partial charge in [0.05, 0.1) is 0 Å². The number of hydrogen-bond acceptors (Lipinski definition) is 2. The number of aryl methyl sites for hydroxylation is 1. The number of carbonyl (C=O) groups is 1. The van der Waals surface area contributed by atoms with Gasteiger partial charge in [-0.05, 0) is 30.5 Å². The normalized spacial score (nSPS) is 9.62. The maximum Gasteiger partial charge on any atom is 0.158 e. The van der Waals surface area contributed by atoms with Crippen LogP contribution in [0.25, 0.3) is 0 Å². The van der Waals surface area contributed by atoms with Crippen molar-refractivity contribution in [2.45, 2.75) is 19.8 Å². The zero-order valence-electron chi connectivity index (χ0n) is 7.79. The van der Waals surface area contributed by atoms with Crippen molar-refractivity contribution in [3.05, 3.63) is 42.2 Å². The van der Waals surface area contributed by atoms with Crippen molar-refractivity contribution >= 4 is 5.78 Å². The average molecular weight is 175 g/mol. The molecule has 0 saturated heterocycles. The predicted molar refractivity (Wildman–Crippen MR) is 52.4 cm³/mol. The molecule has 0 aliphatic heterocycles. The van der Waals surface area contributed by atoms with Crippen LogP contribution in [0.2, 0.25) is 0 Å². The number of carbonyl (C=O) groups excluding carboxylic acids is 1. The predicted octanol–water partition coefficient (Wildman–Crippen LogP) is 2.16. The summed E-state index contributed by atoms with van der Waals surface area (Å²) in [6, 6.07) is 3.85. The van der Waals surface area contributed by atoms with Gasteiger partial charge in [-0.25, -0.2) is 0 Å². The molecule has 13 heavy (non-hydrogen) atoms. The van der Waals surface area contributed by atoms with Crippen LogP contribution in [-0.4, -0.2) is 10.8 Å². The molecule has 0 aliphatic rings. The fourth-order valence-corrected chi connectivity index (χ4v) is 1.02. The van der Waals surface area contributed by atoms with E-state index in [-0.39, 0.29) is 5.78 Å². The fraction of sp³-hybridized carbons (Fsp3) is 0.273. The second-order valence-electron chi connectivity index (χ2n) is 3.06. The lowest BCUT2D eigenvalue weighted by Crippen LogP contribution is -2.00. The van der Waals surface area contributed by atoms with Crippen molar-refractivity contribution in [2.24, 2.45) is 0 Å². The first-order valence-corrected chi connectivity index (χ1v) is 4.28. The van der Waals surface area contributed by atoms with Gasteiger partial charge in [-0.1, -0.05) is 12.6 Å². The molecule has 0 aromatic carbocycles. The monoisotopic (exact) mass is 175 g/mol. The largest absolute Gasteiger partial charge is 0.295 e. The summed E-state index contributed by atoms with van der Waals surface area (Å²) in [6.45, 7) is 5.34. The van der Waals surface area contributed by atoms with Crippen LogP contribution in [0.5, 0.6) is 0 Å². The summed E-state index contributed by atoms with van der Waals surface area (Å²) in [5, 5.41) is 0. The van der Waals surface area contributed by atoms with Crippen molar-refractivity contribution in [2.75, 3.05) is 0 Å². The molecular weight excluding hydrogens is 162 g/mol. The van der Waals surface area contributed by atoms with Gasteiger partial charge in [0.2, 0.25) is 0 Å². The standard InChI is InChI=1S/C11H13NO/c1-9(2)11(13)6-5-10-4-3-7-12-8-10/h3-4,7-8H,1,5-6H2,2H3. The number of aromatic nitrogens is 1. The molecule has 0 unspecified atom stereocenters. The zero-order chi connectivity index (χ0) is 9.68. The Bertz CT molecular complexity index is 303. The van der Waals surface area contributed by atoms with E-state index in [1.165, 1.54) is 0 Å². The first kappa shape index (κ1) is 9.65. The van der Waals surface area contributed by atoms with Gasteiger partial charge >= 0.3 is 0 Å². The van der Waals surface area contributed by atoms with Crippen LogP contribution in [-0.2, 0) is 11.2 Å². The quantitative estimate of drug-likeness (QED) is 0.656. The van der Waals surface area contributed by atoms with E-state index < -0.39 is 0 Å². The maximum atomic E-state index is 11.2. The maximum absolute atomic E-state index is 11.2. The molecule has 0 saturated carbocycles. The van der Waals surface area contributed by atoms with Gasteiger partial charge < -0.3 is 0 Å². The fourth-order valence-electron chi connectivity index (χ4n) is 1.02. The molecular formula is C11H13NO. The van der Waals surface area contributed by atoms with Gasteiger partial charge in [0, 0.05) is 18.8 Å². The lowest BCUT2D eigenvalue weighted by molar-refractivity contribution is -0.115. The first-order chi connectivity index (χ1) is 6.20. The molecule has 0 N–H and O–H groups in total. The topological polar surface area (TPSA) is 30.0 Å². The van der Waals surface area contributed by atoms with E-state index in [0.29, 0.717) is 12.0 Å². The van der Waals surface area contributed by atoms with Crippen LogP contribution >= 0.6 is 0 Å². The number of Topliss-reactive ketones (excluding diaryl/α,β-unsaturated/α-hetero) is 1. The molecule has 68 valence electrons. The molecule has 0 amide bonds. The Kier molecular flexibility index (Phi) is 3.38. The molecule has 0 spiro atoms. The van der Waals surface area contributed by atoms with E-state index in [2.05, 4.69) is 11.6 Å². The van der Waals surface area contributed by atoms with Crippen molar-refractivity contribution in [1.29, 1.82) is 0 Å². The van der Waals surface area contributed by atoms with Gasteiger partial charge in [0.25, 0.3) is 0 Å². The molecule has 2 nitrogen and oxygen atoms in total. The van der Waals surface area contributed by atoms with E-state index in [9.17, 15) is 4.79 Å². The lowest BCUT2D eigenvalue weighted by Gasteiger charge is -1.99. The Morgan fingerprint density at radius 1 is 1.62 bits per heavy atom. The van der Waals surface area contributed by atoms with Crippen molar-refractivity contribution in [3.8, 4) is 0 Å². The number of rotatable bonds is 4. The minimum Gasteiger partial charge on any atom is -0.295 e. The Labute approximate surface area is 78.3 Å². The van der Waals surface area contributed by atoms with E-state index >= 15 is 0 Å². The van der Waals surface area contributed by atoms with E-state index in [4.69, 9.17) is 0 Å². The lowest BCUT2D eigenvalue weighted by atomic mass is 10.1. The Hall–Kier alpha value is -1.44. The molecule has 0 atom stereocenters. The number of hydrogen-bond donors (Lipinski definition) is 0. The van der Waals surface area contributed by atoms with E-state index in [1.807, 2.05) is 12.1 Å². The molecule has 1 aromatic heterocycles. The molecule has 1 rings (SSSR count). The third-order valence-electron chi connectivity index (χ3n) is 1.84. The molecule has 0 fully saturated rings. The molecule has 1 aromatic rings. The highest BCUT2D eigenvalue weighted by Gasteiger charge is 2.02. The number of nitrogens with zero attached hydrogens (tertiary/aromatic N) is 1. The van der Waals surface area contributed by atoms with Crippen molar-refractivity contribution in [3.63, 3.8) is 0 Å². The van der Waals surface area contributed by atoms with Crippen LogP contribution in [0, 0.1) is 0 Å². The highest BCUT2D eigenvalue weighted by molar-refractivity contribution is 5.94. The summed E-state index contributed by atoms with van der Waals surface area (Å²) in [6.07, 6.45) is 4.79. The van der Waals surface area contributed by atoms with Crippen LogP contribution in [0.3, 0.4) is 0 Å². The highest BCUT2D eigenvalue weighted by Crippen LogP contribution is 2.03. The highest BCUT2D eigenvalue weighted by atomic mass is 16.1. The number of ketones is 1. The molecule has 0 aliphatic carbocycles. The van der Waals surface area contributed by atoms with Gasteiger partial charge in [-0.2, -0.15) is 0 Å². The van der Waals surface area contributed by atoms with Crippen molar-refractivity contribution in [1.82, 2.24) is 4.98 Å². The molecule has 0 bridgehead atoms. The summed E-state index contributed by atoms with van der Waals surface area (Å²) in [5.41, 5.74) is 1.72. The Morgan fingerprint density at radius 2 is 2.38 bits per heavy atom. The second-order valence-corrected chi connectivity index (χ2v) is 3.06. The molecule has 1 heterocycles. The van der Waals surface area contributed by atoms with Gasteiger partial charge in [-0.15, -0.1) is 0 Å². The van der Waals surface area contributed by atoms with Gasteiger partial charge in [0.1, 0.15) is 0 Å². The number of allylic oxidation sites excluding steroid dienone is 1. The summed E-state index contributed by atoms with van der Waals surface area (Å²) in [7, 11) is 0. The summed E-state index contributed by atoms with van der Waals surface area (Å²) >= 11 is 0. The van der Waals surface area contributed by atoms with Gasteiger partial charge in [0.15, 0.2) is 5.78 Å². The Balaban J connectivity index is 2.44. The molecule has 2 heteroatoms. The zero-order valence-corrected chi connectivity index (χ0v) is 7.79. The van der Waals surface area contributed by atoms with Crippen LogP contribution in [0.1, 0.15) is 18.9 Å². The van der Waals surface area contributed by atoms with E-state index in [1.54, 1.807) is 19.3 Å². The minimum atomic E-state index is 0.129. The summed E-state index contributed by atoms with van der Waals surface area (Å²) < 4.78 is 0. The minimum absolute atomic E-state index is 0.129. The van der Waals surface area contributed by atoms with Crippen LogP contribution in [0.15, 0.2) is 36.7 Å². The van der Waals surface area contributed by atoms with Crippen LogP contribution < -0.4 is 0 Å². The Morgan fingerprint density at radius 3 is 2.92 bits per heavy atom. The van der Waals surface area contributed by atoms with Crippen LogP contribution in [0.4, 0.5) is 0 Å². The van der Waals surface area contributed by atoms with Gasteiger partial charge in [-0.3, -0.25) is 9.78 Å². The summed E-state index contributed by atoms with van der Waals surface area (Å²) in [4.78, 5) is 15.2. The number of pyridine rings is 1. The first-order valence-electron chi connectivity index (χ1n) is 4.28. The second kappa shape index (κ2) is 4.55. The third-order valence-corrected chi connectivity index (χ3v) is 1.84. The third kappa shape index (κ3) is 3.20. The SMILES string of the molecule is C=C(C)C(=O)CCc1cccnc1. The van der Waals surface area contributed by atoms with Crippen molar-refractivity contribution < 1.29 is 4.79 Å². The van der Waals surface area contributed by atoms with E-state index in [0.717, 1.165) is 12.0 Å².